The Hall–Kier alpha value is -2.31. The zero-order valence-electron chi connectivity index (χ0n) is 11.7. The van der Waals surface area contributed by atoms with Crippen LogP contribution in [-0.2, 0) is 6.42 Å². The fourth-order valence-corrected chi connectivity index (χ4v) is 2.73. The fraction of sp³-hybridized carbons (Fsp3) is 0.176. The summed E-state index contributed by atoms with van der Waals surface area (Å²) in [4.78, 5) is 4.70. The molecule has 21 heavy (non-hydrogen) atoms. The van der Waals surface area contributed by atoms with Crippen molar-refractivity contribution in [2.24, 2.45) is 0 Å². The molecule has 0 saturated heterocycles. The molecule has 0 N–H and O–H groups in total. The molecule has 0 bridgehead atoms. The van der Waals surface area contributed by atoms with Gasteiger partial charge in [0.05, 0.1) is 22.7 Å². The molecule has 3 rings (SSSR count). The molecule has 0 spiro atoms. The minimum Gasteiger partial charge on any atom is -0.296 e. The lowest BCUT2D eigenvalue weighted by Gasteiger charge is -2.10. The number of aromatic nitrogens is 2. The molecule has 4 heteroatoms. The van der Waals surface area contributed by atoms with Crippen molar-refractivity contribution in [2.45, 2.75) is 13.3 Å². The van der Waals surface area contributed by atoms with E-state index in [4.69, 9.17) is 21.8 Å². The van der Waals surface area contributed by atoms with Gasteiger partial charge in [0.25, 0.3) is 0 Å². The molecular weight excluding hydrogens is 282 g/mol. The van der Waals surface area contributed by atoms with Gasteiger partial charge in [-0.25, -0.2) is 4.98 Å². The molecule has 2 aromatic carbocycles. The summed E-state index contributed by atoms with van der Waals surface area (Å²) in [6, 6.07) is 15.8. The Bertz CT molecular complexity index is 826. The Morgan fingerprint density at radius 3 is 2.62 bits per heavy atom. The molecule has 0 aliphatic heterocycles. The SMILES string of the molecule is Cc1cccc2nc(CCCl)n(-c3ccc(C#N)cc3)c12. The summed E-state index contributed by atoms with van der Waals surface area (Å²) < 4.78 is 2.13. The van der Waals surface area contributed by atoms with Crippen LogP contribution in [0.2, 0.25) is 0 Å². The van der Waals surface area contributed by atoms with Crippen molar-refractivity contribution in [1.82, 2.24) is 9.55 Å². The third-order valence-corrected chi connectivity index (χ3v) is 3.71. The number of aryl methyl sites for hydroxylation is 2. The third kappa shape index (κ3) is 2.39. The summed E-state index contributed by atoms with van der Waals surface area (Å²) in [5.74, 6) is 1.47. The van der Waals surface area contributed by atoms with E-state index < -0.39 is 0 Å². The molecular formula is C17H14ClN3. The first kappa shape index (κ1) is 13.7. The number of rotatable bonds is 3. The van der Waals surface area contributed by atoms with Gasteiger partial charge in [-0.05, 0) is 42.8 Å². The third-order valence-electron chi connectivity index (χ3n) is 3.52. The van der Waals surface area contributed by atoms with Crippen molar-refractivity contribution in [3.8, 4) is 11.8 Å². The Balaban J connectivity index is 2.27. The highest BCUT2D eigenvalue weighted by Gasteiger charge is 2.13. The van der Waals surface area contributed by atoms with Crippen LogP contribution in [0.1, 0.15) is 17.0 Å². The number of nitrogens with zero attached hydrogens (tertiary/aromatic N) is 3. The van der Waals surface area contributed by atoms with Crippen molar-refractivity contribution in [3.63, 3.8) is 0 Å². The molecule has 0 atom stereocenters. The normalized spacial score (nSPS) is 10.7. The van der Waals surface area contributed by atoms with E-state index in [9.17, 15) is 0 Å². The highest BCUT2D eigenvalue weighted by molar-refractivity contribution is 6.17. The Kier molecular flexibility index (Phi) is 3.64. The van der Waals surface area contributed by atoms with E-state index in [1.807, 2.05) is 36.4 Å². The largest absolute Gasteiger partial charge is 0.296 e. The summed E-state index contributed by atoms with van der Waals surface area (Å²) in [5, 5.41) is 8.93. The van der Waals surface area contributed by atoms with Crippen LogP contribution in [0.15, 0.2) is 42.5 Å². The topological polar surface area (TPSA) is 41.6 Å². The van der Waals surface area contributed by atoms with E-state index >= 15 is 0 Å². The zero-order valence-corrected chi connectivity index (χ0v) is 12.4. The van der Waals surface area contributed by atoms with Crippen molar-refractivity contribution in [3.05, 3.63) is 59.4 Å². The molecule has 0 radical (unpaired) electrons. The van der Waals surface area contributed by atoms with Crippen LogP contribution in [-0.4, -0.2) is 15.4 Å². The second-order valence-corrected chi connectivity index (χ2v) is 5.28. The van der Waals surface area contributed by atoms with Crippen LogP contribution in [0.5, 0.6) is 0 Å². The smallest absolute Gasteiger partial charge is 0.115 e. The van der Waals surface area contributed by atoms with Gasteiger partial charge in [0, 0.05) is 18.0 Å². The van der Waals surface area contributed by atoms with Gasteiger partial charge in [-0.15, -0.1) is 11.6 Å². The molecule has 0 amide bonds. The van der Waals surface area contributed by atoms with Crippen molar-refractivity contribution in [2.75, 3.05) is 5.88 Å². The number of hydrogen-bond acceptors (Lipinski definition) is 2. The van der Waals surface area contributed by atoms with Crippen LogP contribution in [0.3, 0.4) is 0 Å². The van der Waals surface area contributed by atoms with Crippen LogP contribution in [0.25, 0.3) is 16.7 Å². The van der Waals surface area contributed by atoms with E-state index in [0.717, 1.165) is 22.5 Å². The van der Waals surface area contributed by atoms with Crippen molar-refractivity contribution >= 4 is 22.6 Å². The Morgan fingerprint density at radius 1 is 1.19 bits per heavy atom. The fourth-order valence-electron chi connectivity index (χ4n) is 2.56. The maximum absolute atomic E-state index is 8.93. The highest BCUT2D eigenvalue weighted by atomic mass is 35.5. The molecule has 1 aromatic heterocycles. The maximum Gasteiger partial charge on any atom is 0.115 e. The van der Waals surface area contributed by atoms with E-state index in [1.54, 1.807) is 0 Å². The molecule has 0 saturated carbocycles. The van der Waals surface area contributed by atoms with Gasteiger partial charge in [-0.3, -0.25) is 4.57 Å². The second kappa shape index (κ2) is 5.59. The summed E-state index contributed by atoms with van der Waals surface area (Å²) in [6.07, 6.45) is 0.704. The molecule has 3 aromatic rings. The molecule has 0 fully saturated rings. The number of fused-ring (bicyclic) bond motifs is 1. The quantitative estimate of drug-likeness (QED) is 0.686. The lowest BCUT2D eigenvalue weighted by molar-refractivity contribution is 0.910. The Labute approximate surface area is 128 Å². The predicted molar refractivity (Wildman–Crippen MR) is 84.9 cm³/mol. The van der Waals surface area contributed by atoms with Gasteiger partial charge in [0.15, 0.2) is 0 Å². The minimum atomic E-state index is 0.526. The Morgan fingerprint density at radius 2 is 1.95 bits per heavy atom. The molecule has 1 heterocycles. The summed E-state index contributed by atoms with van der Waals surface area (Å²) >= 11 is 5.91. The van der Waals surface area contributed by atoms with Crippen LogP contribution < -0.4 is 0 Å². The number of para-hydroxylation sites is 1. The van der Waals surface area contributed by atoms with E-state index in [-0.39, 0.29) is 0 Å². The number of alkyl halides is 1. The highest BCUT2D eigenvalue weighted by Crippen LogP contribution is 2.25. The van der Waals surface area contributed by atoms with Crippen molar-refractivity contribution < 1.29 is 0 Å². The maximum atomic E-state index is 8.93. The van der Waals surface area contributed by atoms with Gasteiger partial charge >= 0.3 is 0 Å². The summed E-state index contributed by atoms with van der Waals surface area (Å²) in [7, 11) is 0. The average molecular weight is 296 g/mol. The van der Waals surface area contributed by atoms with E-state index in [0.29, 0.717) is 17.9 Å². The van der Waals surface area contributed by atoms with Gasteiger partial charge in [0.2, 0.25) is 0 Å². The molecule has 0 aliphatic rings. The molecule has 0 aliphatic carbocycles. The number of hydrogen-bond donors (Lipinski definition) is 0. The zero-order chi connectivity index (χ0) is 14.8. The van der Waals surface area contributed by atoms with Gasteiger partial charge < -0.3 is 0 Å². The summed E-state index contributed by atoms with van der Waals surface area (Å²) in [5.41, 5.74) is 4.90. The summed E-state index contributed by atoms with van der Waals surface area (Å²) in [6.45, 7) is 2.08. The van der Waals surface area contributed by atoms with Gasteiger partial charge in [-0.1, -0.05) is 12.1 Å². The lowest BCUT2D eigenvalue weighted by atomic mass is 10.2. The van der Waals surface area contributed by atoms with E-state index in [1.165, 1.54) is 5.56 Å². The van der Waals surface area contributed by atoms with Gasteiger partial charge in [-0.2, -0.15) is 5.26 Å². The molecule has 104 valence electrons. The first-order valence-corrected chi connectivity index (χ1v) is 7.31. The monoisotopic (exact) mass is 295 g/mol. The van der Waals surface area contributed by atoms with E-state index in [2.05, 4.69) is 23.6 Å². The predicted octanol–water partition coefficient (Wildman–Crippen LogP) is 3.99. The van der Waals surface area contributed by atoms with Crippen LogP contribution in [0.4, 0.5) is 0 Å². The average Bonchev–Trinajstić information content (AvgIpc) is 2.87. The second-order valence-electron chi connectivity index (χ2n) is 4.90. The minimum absolute atomic E-state index is 0.526. The first-order chi connectivity index (χ1) is 10.2. The number of imidazole rings is 1. The first-order valence-electron chi connectivity index (χ1n) is 6.78. The van der Waals surface area contributed by atoms with Crippen LogP contribution in [0, 0.1) is 18.3 Å². The number of benzene rings is 2. The van der Waals surface area contributed by atoms with Crippen LogP contribution >= 0.6 is 11.6 Å². The number of nitriles is 1. The lowest BCUT2D eigenvalue weighted by Crippen LogP contribution is -2.03. The van der Waals surface area contributed by atoms with Crippen molar-refractivity contribution in [1.29, 1.82) is 5.26 Å². The standard InChI is InChI=1S/C17H14ClN3/c1-12-3-2-4-15-17(12)21(16(20-15)9-10-18)14-7-5-13(11-19)6-8-14/h2-8H,9-10H2,1H3. The molecule has 3 nitrogen and oxygen atoms in total. The molecule has 0 unspecified atom stereocenters. The number of halogens is 1. The van der Waals surface area contributed by atoms with Gasteiger partial charge in [0.1, 0.15) is 5.82 Å².